The standard InChI is InChI=1S/C20H34O2/c1-15(2)17-10-13-19(4,21)12-6-7-16(3)8-9-18-20(5,22-18)14-11-17/h7,10,13,15,17-18,21H,6,8-9,11-12,14H2,1-5H3/b13-10-,16-7-/t17-,18-,19+,20-/m0/s1. The minimum Gasteiger partial charge on any atom is -0.386 e. The first-order chi connectivity index (χ1) is 10.2. The summed E-state index contributed by atoms with van der Waals surface area (Å²) in [7, 11) is 0. The van der Waals surface area contributed by atoms with Gasteiger partial charge in [-0.1, -0.05) is 37.6 Å². The fraction of sp³-hybridized carbons (Fsp3) is 0.800. The zero-order chi connectivity index (χ0) is 16.4. The first-order valence-corrected chi connectivity index (χ1v) is 8.97. The van der Waals surface area contributed by atoms with Crippen LogP contribution < -0.4 is 0 Å². The first-order valence-electron chi connectivity index (χ1n) is 8.97. The number of epoxide rings is 1. The van der Waals surface area contributed by atoms with Gasteiger partial charge in [0.05, 0.1) is 17.3 Å². The van der Waals surface area contributed by atoms with Crippen molar-refractivity contribution in [3.63, 3.8) is 0 Å². The van der Waals surface area contributed by atoms with Crippen molar-refractivity contribution in [2.45, 2.75) is 90.4 Å². The van der Waals surface area contributed by atoms with Crippen molar-refractivity contribution >= 4 is 0 Å². The average Bonchev–Trinajstić information content (AvgIpc) is 3.06. The highest BCUT2D eigenvalue weighted by atomic mass is 16.6. The molecule has 0 radical (unpaired) electrons. The largest absolute Gasteiger partial charge is 0.386 e. The summed E-state index contributed by atoms with van der Waals surface area (Å²) in [6.07, 6.45) is 13.3. The minimum atomic E-state index is -0.698. The summed E-state index contributed by atoms with van der Waals surface area (Å²) in [5.74, 6) is 1.12. The molecule has 0 amide bonds. The summed E-state index contributed by atoms with van der Waals surface area (Å²) in [6.45, 7) is 10.9. The number of aliphatic hydroxyl groups is 1. The van der Waals surface area contributed by atoms with Gasteiger partial charge in [-0.05, 0) is 71.1 Å². The van der Waals surface area contributed by atoms with Crippen LogP contribution in [0.1, 0.15) is 73.1 Å². The van der Waals surface area contributed by atoms with Crippen LogP contribution in [0.25, 0.3) is 0 Å². The second-order valence-corrected chi connectivity index (χ2v) is 8.21. The lowest BCUT2D eigenvalue weighted by Gasteiger charge is -2.23. The highest BCUT2D eigenvalue weighted by molar-refractivity contribution is 5.08. The quantitative estimate of drug-likeness (QED) is 0.545. The van der Waals surface area contributed by atoms with Gasteiger partial charge in [0.1, 0.15) is 0 Å². The van der Waals surface area contributed by atoms with E-state index >= 15 is 0 Å². The lowest BCUT2D eigenvalue weighted by molar-refractivity contribution is 0.102. The minimum absolute atomic E-state index is 0.0912. The molecule has 1 N–H and O–H groups in total. The van der Waals surface area contributed by atoms with Gasteiger partial charge in [0.15, 0.2) is 0 Å². The molecule has 1 heterocycles. The van der Waals surface area contributed by atoms with Crippen molar-refractivity contribution in [2.75, 3.05) is 0 Å². The number of allylic oxidation sites excluding steroid dienone is 3. The average molecular weight is 306 g/mol. The van der Waals surface area contributed by atoms with Crippen LogP contribution in [0, 0.1) is 11.8 Å². The van der Waals surface area contributed by atoms with E-state index < -0.39 is 5.60 Å². The molecule has 2 aliphatic rings. The molecule has 4 atom stereocenters. The maximum Gasteiger partial charge on any atom is 0.0920 e. The Balaban J connectivity index is 2.11. The van der Waals surface area contributed by atoms with Gasteiger partial charge < -0.3 is 9.84 Å². The van der Waals surface area contributed by atoms with Crippen LogP contribution in [-0.4, -0.2) is 22.4 Å². The molecule has 0 aromatic carbocycles. The van der Waals surface area contributed by atoms with Gasteiger partial charge in [-0.25, -0.2) is 0 Å². The van der Waals surface area contributed by atoms with E-state index in [4.69, 9.17) is 4.74 Å². The summed E-state index contributed by atoms with van der Waals surface area (Å²) in [5.41, 5.74) is 0.819. The molecule has 1 fully saturated rings. The predicted molar refractivity (Wildman–Crippen MR) is 92.8 cm³/mol. The van der Waals surface area contributed by atoms with Gasteiger partial charge in [-0.3, -0.25) is 0 Å². The molecule has 0 aromatic heterocycles. The molecule has 0 saturated carbocycles. The van der Waals surface area contributed by atoms with Crippen molar-refractivity contribution < 1.29 is 9.84 Å². The second kappa shape index (κ2) is 6.88. The van der Waals surface area contributed by atoms with Crippen LogP contribution in [0.4, 0.5) is 0 Å². The maximum atomic E-state index is 10.5. The molecule has 0 aromatic rings. The Hall–Kier alpha value is -0.600. The normalized spacial score (nSPS) is 44.6. The van der Waals surface area contributed by atoms with Gasteiger partial charge in [0.2, 0.25) is 0 Å². The smallest absolute Gasteiger partial charge is 0.0920 e. The highest BCUT2D eigenvalue weighted by Crippen LogP contribution is 2.44. The van der Waals surface area contributed by atoms with Gasteiger partial charge in [-0.2, -0.15) is 0 Å². The molecule has 0 spiro atoms. The number of fused-ring (bicyclic) bond motifs is 1. The van der Waals surface area contributed by atoms with E-state index in [0.717, 1.165) is 38.5 Å². The number of hydrogen-bond donors (Lipinski definition) is 1. The number of hydrogen-bond acceptors (Lipinski definition) is 2. The van der Waals surface area contributed by atoms with Crippen LogP contribution in [0.5, 0.6) is 0 Å². The van der Waals surface area contributed by atoms with E-state index in [1.807, 2.05) is 13.0 Å². The molecule has 2 rings (SSSR count). The summed E-state index contributed by atoms with van der Waals surface area (Å²) in [6, 6.07) is 0. The molecule has 126 valence electrons. The van der Waals surface area contributed by atoms with Crippen molar-refractivity contribution in [3.8, 4) is 0 Å². The van der Waals surface area contributed by atoms with Crippen LogP contribution in [0.3, 0.4) is 0 Å². The van der Waals surface area contributed by atoms with E-state index in [0.29, 0.717) is 17.9 Å². The topological polar surface area (TPSA) is 32.8 Å². The van der Waals surface area contributed by atoms with Crippen molar-refractivity contribution in [1.29, 1.82) is 0 Å². The van der Waals surface area contributed by atoms with Crippen molar-refractivity contribution in [1.82, 2.24) is 0 Å². The third-order valence-electron chi connectivity index (χ3n) is 5.51. The van der Waals surface area contributed by atoms with Gasteiger partial charge >= 0.3 is 0 Å². The molecule has 2 heteroatoms. The van der Waals surface area contributed by atoms with Gasteiger partial charge in [-0.15, -0.1) is 0 Å². The van der Waals surface area contributed by atoms with Crippen LogP contribution in [-0.2, 0) is 4.74 Å². The molecule has 1 aliphatic heterocycles. The lowest BCUT2D eigenvalue weighted by Crippen LogP contribution is -2.22. The molecule has 1 saturated heterocycles. The summed E-state index contributed by atoms with van der Waals surface area (Å²) in [5, 5.41) is 10.5. The van der Waals surface area contributed by atoms with Crippen LogP contribution >= 0.6 is 0 Å². The Morgan fingerprint density at radius 2 is 1.95 bits per heavy atom. The highest BCUT2D eigenvalue weighted by Gasteiger charge is 2.50. The fourth-order valence-electron chi connectivity index (χ4n) is 3.47. The van der Waals surface area contributed by atoms with Gasteiger partial charge in [0.25, 0.3) is 0 Å². The summed E-state index contributed by atoms with van der Waals surface area (Å²) < 4.78 is 6.00. The molecule has 1 aliphatic carbocycles. The lowest BCUT2D eigenvalue weighted by atomic mass is 9.84. The monoisotopic (exact) mass is 306 g/mol. The third-order valence-corrected chi connectivity index (χ3v) is 5.51. The molecule has 0 bridgehead atoms. The Morgan fingerprint density at radius 1 is 1.23 bits per heavy atom. The second-order valence-electron chi connectivity index (χ2n) is 8.21. The van der Waals surface area contributed by atoms with Crippen LogP contribution in [0.15, 0.2) is 23.8 Å². The fourth-order valence-corrected chi connectivity index (χ4v) is 3.47. The number of rotatable bonds is 1. The maximum absolute atomic E-state index is 10.5. The van der Waals surface area contributed by atoms with Crippen molar-refractivity contribution in [2.24, 2.45) is 11.8 Å². The Morgan fingerprint density at radius 3 is 2.64 bits per heavy atom. The zero-order valence-electron chi connectivity index (χ0n) is 15.1. The molecule has 22 heavy (non-hydrogen) atoms. The number of ether oxygens (including phenoxy) is 1. The predicted octanol–water partition coefficient (Wildman–Crippen LogP) is 5.02. The SMILES string of the molecule is C/C1=C/CC[C@@](C)(O)/C=C\[C@H](C(C)C)CC[C@]2(C)O[C@H]2CC1. The Kier molecular flexibility index (Phi) is 5.55. The zero-order valence-corrected chi connectivity index (χ0v) is 15.1. The van der Waals surface area contributed by atoms with Gasteiger partial charge in [0, 0.05) is 0 Å². The van der Waals surface area contributed by atoms with E-state index in [9.17, 15) is 5.11 Å². The molecular weight excluding hydrogens is 272 g/mol. The van der Waals surface area contributed by atoms with E-state index in [1.54, 1.807) is 0 Å². The van der Waals surface area contributed by atoms with E-state index in [-0.39, 0.29) is 5.60 Å². The van der Waals surface area contributed by atoms with Crippen LogP contribution in [0.2, 0.25) is 0 Å². The third kappa shape index (κ3) is 4.96. The molecular formula is C20H34O2. The summed E-state index contributed by atoms with van der Waals surface area (Å²) in [4.78, 5) is 0. The first kappa shape index (κ1) is 17.7. The van der Waals surface area contributed by atoms with Crippen molar-refractivity contribution in [3.05, 3.63) is 23.8 Å². The molecule has 0 unspecified atom stereocenters. The summed E-state index contributed by atoms with van der Waals surface area (Å²) >= 11 is 0. The molecule has 2 nitrogen and oxygen atoms in total. The van der Waals surface area contributed by atoms with E-state index in [2.05, 4.69) is 39.8 Å². The Labute approximate surface area is 136 Å². The van der Waals surface area contributed by atoms with E-state index in [1.165, 1.54) is 5.57 Å². The Bertz CT molecular complexity index is 433.